The second kappa shape index (κ2) is 12.4. The van der Waals surface area contributed by atoms with Gasteiger partial charge in [-0.2, -0.15) is 0 Å². The second-order valence-corrected chi connectivity index (χ2v) is 8.00. The van der Waals surface area contributed by atoms with Crippen molar-refractivity contribution >= 4 is 17.9 Å². The highest BCUT2D eigenvalue weighted by Crippen LogP contribution is 2.18. The molecule has 0 aliphatic carbocycles. The van der Waals surface area contributed by atoms with E-state index in [9.17, 15) is 4.79 Å². The first-order valence-corrected chi connectivity index (χ1v) is 11.7. The molecule has 3 heterocycles. The molecule has 31 heavy (non-hydrogen) atoms. The van der Waals surface area contributed by atoms with E-state index >= 15 is 0 Å². The second-order valence-electron chi connectivity index (χ2n) is 8.00. The lowest BCUT2D eigenvalue weighted by Gasteiger charge is -2.35. The summed E-state index contributed by atoms with van der Waals surface area (Å²) in [5.41, 5.74) is 0. The highest BCUT2D eigenvalue weighted by molar-refractivity contribution is 5.81. The number of nitrogens with zero attached hydrogens (tertiary/aromatic N) is 6. The number of carbonyl (C=O) groups excluding carboxylic acids is 1. The van der Waals surface area contributed by atoms with Gasteiger partial charge in [0, 0.05) is 71.3 Å². The molecular formula is C22H37N7O2. The van der Waals surface area contributed by atoms with Crippen LogP contribution < -0.4 is 10.2 Å². The lowest BCUT2D eigenvalue weighted by Crippen LogP contribution is -2.48. The molecule has 2 fully saturated rings. The summed E-state index contributed by atoms with van der Waals surface area (Å²) < 4.78 is 5.23. The molecule has 1 N–H and O–H groups in total. The first kappa shape index (κ1) is 23.2. The van der Waals surface area contributed by atoms with Crippen molar-refractivity contribution in [2.45, 2.75) is 33.1 Å². The number of ether oxygens (including phenoxy) is 1. The van der Waals surface area contributed by atoms with Gasteiger partial charge >= 0.3 is 5.97 Å². The van der Waals surface area contributed by atoms with Crippen LogP contribution in [0.1, 0.15) is 33.1 Å². The van der Waals surface area contributed by atoms with Crippen LogP contribution in [-0.2, 0) is 9.53 Å². The number of hydrogen-bond acceptors (Lipinski definition) is 7. The van der Waals surface area contributed by atoms with Crippen molar-refractivity contribution in [3.8, 4) is 0 Å². The number of aromatic nitrogens is 2. The van der Waals surface area contributed by atoms with Gasteiger partial charge in [-0.15, -0.1) is 0 Å². The van der Waals surface area contributed by atoms with Gasteiger partial charge in [0.05, 0.1) is 12.5 Å². The molecule has 2 aliphatic rings. The van der Waals surface area contributed by atoms with E-state index in [2.05, 4.69) is 36.9 Å². The Labute approximate surface area is 185 Å². The van der Waals surface area contributed by atoms with Crippen LogP contribution in [0.25, 0.3) is 0 Å². The van der Waals surface area contributed by atoms with E-state index in [0.29, 0.717) is 13.2 Å². The van der Waals surface area contributed by atoms with Gasteiger partial charge in [-0.25, -0.2) is 9.97 Å². The average Bonchev–Trinajstić information content (AvgIpc) is 2.82. The van der Waals surface area contributed by atoms with Crippen LogP contribution in [0.4, 0.5) is 5.95 Å². The van der Waals surface area contributed by atoms with Gasteiger partial charge in [0.25, 0.3) is 0 Å². The molecule has 0 spiro atoms. The molecular weight excluding hydrogens is 394 g/mol. The third kappa shape index (κ3) is 7.05. The van der Waals surface area contributed by atoms with Crippen molar-refractivity contribution < 1.29 is 9.53 Å². The Hall–Kier alpha value is -2.42. The number of rotatable bonds is 8. The third-order valence-electron chi connectivity index (χ3n) is 5.78. The lowest BCUT2D eigenvalue weighted by atomic mass is 9.98. The zero-order chi connectivity index (χ0) is 21.9. The Balaban J connectivity index is 1.42. The van der Waals surface area contributed by atoms with Crippen LogP contribution >= 0.6 is 0 Å². The minimum atomic E-state index is -0.0805. The summed E-state index contributed by atoms with van der Waals surface area (Å²) in [6.45, 7) is 12.6. The van der Waals surface area contributed by atoms with Crippen molar-refractivity contribution in [3.63, 3.8) is 0 Å². The van der Waals surface area contributed by atoms with Gasteiger partial charge in [0.1, 0.15) is 0 Å². The van der Waals surface area contributed by atoms with E-state index < -0.39 is 0 Å². The molecule has 2 aliphatic heterocycles. The van der Waals surface area contributed by atoms with Gasteiger partial charge in [-0.05, 0) is 39.2 Å². The van der Waals surface area contributed by atoms with Crippen molar-refractivity contribution in [1.82, 2.24) is 25.1 Å². The number of aliphatic imine (C=N–C) groups is 1. The van der Waals surface area contributed by atoms with E-state index in [1.54, 1.807) is 12.4 Å². The fraction of sp³-hybridized carbons (Fsp3) is 0.727. The summed E-state index contributed by atoms with van der Waals surface area (Å²) in [6, 6.07) is 1.85. The SMILES string of the molecule is CCNC(=NCCCN1CCN(c2ncccn2)CC1)N1CCCC(C(=O)OCC)C1. The maximum absolute atomic E-state index is 12.1. The molecule has 0 bridgehead atoms. The highest BCUT2D eigenvalue weighted by atomic mass is 16.5. The third-order valence-corrected chi connectivity index (χ3v) is 5.78. The zero-order valence-electron chi connectivity index (χ0n) is 19.0. The van der Waals surface area contributed by atoms with E-state index in [0.717, 1.165) is 83.5 Å². The molecule has 1 atom stereocenters. The summed E-state index contributed by atoms with van der Waals surface area (Å²) in [4.78, 5) is 32.6. The zero-order valence-corrected chi connectivity index (χ0v) is 19.0. The van der Waals surface area contributed by atoms with Crippen LogP contribution in [0.5, 0.6) is 0 Å². The fourth-order valence-corrected chi connectivity index (χ4v) is 4.15. The molecule has 1 aromatic heterocycles. The first-order chi connectivity index (χ1) is 15.2. The highest BCUT2D eigenvalue weighted by Gasteiger charge is 2.28. The largest absolute Gasteiger partial charge is 0.466 e. The summed E-state index contributed by atoms with van der Waals surface area (Å²) in [6.07, 6.45) is 6.50. The minimum absolute atomic E-state index is 0.0533. The number of guanidine groups is 1. The molecule has 9 nitrogen and oxygen atoms in total. The van der Waals surface area contributed by atoms with Gasteiger partial charge in [-0.1, -0.05) is 0 Å². The van der Waals surface area contributed by atoms with Crippen LogP contribution in [-0.4, -0.2) is 97.2 Å². The predicted octanol–water partition coefficient (Wildman–Crippen LogP) is 1.23. The molecule has 3 rings (SSSR count). The van der Waals surface area contributed by atoms with E-state index in [1.165, 1.54) is 0 Å². The maximum atomic E-state index is 12.1. The van der Waals surface area contributed by atoms with Crippen LogP contribution in [0.2, 0.25) is 0 Å². The Bertz CT molecular complexity index is 692. The number of esters is 1. The average molecular weight is 432 g/mol. The number of hydrogen-bond donors (Lipinski definition) is 1. The van der Waals surface area contributed by atoms with Crippen molar-refractivity contribution in [2.75, 3.05) is 70.4 Å². The molecule has 1 unspecified atom stereocenters. The number of nitrogens with one attached hydrogen (secondary N) is 1. The normalized spacial score (nSPS) is 20.6. The number of piperidine rings is 1. The van der Waals surface area contributed by atoms with Crippen molar-refractivity contribution in [3.05, 3.63) is 18.5 Å². The molecule has 2 saturated heterocycles. The summed E-state index contributed by atoms with van der Waals surface area (Å²) >= 11 is 0. The number of anilines is 1. The molecule has 1 aromatic rings. The number of likely N-dealkylation sites (tertiary alicyclic amines) is 1. The first-order valence-electron chi connectivity index (χ1n) is 11.7. The maximum Gasteiger partial charge on any atom is 0.310 e. The Kier molecular flexibility index (Phi) is 9.33. The van der Waals surface area contributed by atoms with E-state index in [-0.39, 0.29) is 11.9 Å². The molecule has 0 saturated carbocycles. The number of carbonyl (C=O) groups is 1. The van der Waals surface area contributed by atoms with Gasteiger partial charge in [0.15, 0.2) is 5.96 Å². The predicted molar refractivity (Wildman–Crippen MR) is 122 cm³/mol. The molecule has 0 radical (unpaired) electrons. The molecule has 172 valence electrons. The lowest BCUT2D eigenvalue weighted by molar-refractivity contribution is -0.149. The van der Waals surface area contributed by atoms with Crippen LogP contribution in [0.3, 0.4) is 0 Å². The van der Waals surface area contributed by atoms with Crippen LogP contribution in [0, 0.1) is 5.92 Å². The Morgan fingerprint density at radius 1 is 1.19 bits per heavy atom. The van der Waals surface area contributed by atoms with Gasteiger partial charge in [-0.3, -0.25) is 14.7 Å². The molecule has 0 aromatic carbocycles. The Morgan fingerprint density at radius 3 is 2.68 bits per heavy atom. The molecule has 9 heteroatoms. The van der Waals surface area contributed by atoms with Gasteiger partial charge in [0.2, 0.25) is 5.95 Å². The smallest absolute Gasteiger partial charge is 0.310 e. The monoisotopic (exact) mass is 431 g/mol. The standard InChI is InChI=1S/C22H37N7O2/c1-3-23-21(29-13-5-8-19(18-29)20(30)31-4-2)26-11-7-12-27-14-16-28(17-15-27)22-24-9-6-10-25-22/h6,9-10,19H,3-5,7-8,11-18H2,1-2H3,(H,23,26). The quantitative estimate of drug-likeness (QED) is 0.285. The van der Waals surface area contributed by atoms with E-state index in [4.69, 9.17) is 9.73 Å². The topological polar surface area (TPSA) is 86.2 Å². The Morgan fingerprint density at radius 2 is 1.97 bits per heavy atom. The molecule has 0 amide bonds. The summed E-state index contributed by atoms with van der Waals surface area (Å²) in [7, 11) is 0. The minimum Gasteiger partial charge on any atom is -0.466 e. The summed E-state index contributed by atoms with van der Waals surface area (Å²) in [5.74, 6) is 1.61. The number of piperazine rings is 1. The van der Waals surface area contributed by atoms with Crippen molar-refractivity contribution in [2.24, 2.45) is 10.9 Å². The fourth-order valence-electron chi connectivity index (χ4n) is 4.15. The van der Waals surface area contributed by atoms with Gasteiger partial charge < -0.3 is 19.9 Å². The van der Waals surface area contributed by atoms with E-state index in [1.807, 2.05) is 13.0 Å². The summed E-state index contributed by atoms with van der Waals surface area (Å²) in [5, 5.41) is 3.40. The van der Waals surface area contributed by atoms with Crippen LogP contribution in [0.15, 0.2) is 23.5 Å². The van der Waals surface area contributed by atoms with Crippen molar-refractivity contribution in [1.29, 1.82) is 0 Å².